The van der Waals surface area contributed by atoms with Crippen molar-refractivity contribution in [3.05, 3.63) is 77.5 Å². The van der Waals surface area contributed by atoms with E-state index in [2.05, 4.69) is 11.4 Å². The minimum absolute atomic E-state index is 0.187. The number of carbonyl (C=O) groups is 2. The fourth-order valence-electron chi connectivity index (χ4n) is 3.11. The molecule has 0 unspecified atom stereocenters. The molecule has 6 heteroatoms. The van der Waals surface area contributed by atoms with E-state index in [0.717, 1.165) is 27.6 Å². The molecule has 0 fully saturated rings. The molecule has 0 saturated heterocycles. The maximum Gasteiger partial charge on any atom is 0.310 e. The number of hydrogen-bond acceptors (Lipinski definition) is 4. The van der Waals surface area contributed by atoms with Crippen LogP contribution in [0.1, 0.15) is 23.6 Å². The first kappa shape index (κ1) is 20.9. The molecule has 30 heavy (non-hydrogen) atoms. The molecule has 0 bridgehead atoms. The van der Waals surface area contributed by atoms with Gasteiger partial charge in [0.15, 0.2) is 0 Å². The SMILES string of the molecule is CCOC(=O)Cc1ccc(CNC(=O)/C=C/c2ccc3c(ccn3CC#N)c2)cc1. The molecule has 3 aromatic rings. The second-order valence-electron chi connectivity index (χ2n) is 6.77. The van der Waals surface area contributed by atoms with Crippen LogP contribution in [0.2, 0.25) is 0 Å². The number of benzene rings is 2. The molecule has 6 nitrogen and oxygen atoms in total. The quantitative estimate of drug-likeness (QED) is 0.462. The molecule has 1 amide bonds. The monoisotopic (exact) mass is 401 g/mol. The predicted octanol–water partition coefficient (Wildman–Crippen LogP) is 3.60. The number of nitriles is 1. The summed E-state index contributed by atoms with van der Waals surface area (Å²) in [5.41, 5.74) is 3.73. The van der Waals surface area contributed by atoms with Gasteiger partial charge in [0.1, 0.15) is 6.54 Å². The van der Waals surface area contributed by atoms with Gasteiger partial charge in [-0.2, -0.15) is 5.26 Å². The van der Waals surface area contributed by atoms with Crippen LogP contribution in [0, 0.1) is 11.3 Å². The van der Waals surface area contributed by atoms with Gasteiger partial charge in [-0.1, -0.05) is 30.3 Å². The van der Waals surface area contributed by atoms with E-state index in [-0.39, 0.29) is 18.3 Å². The topological polar surface area (TPSA) is 84.1 Å². The Balaban J connectivity index is 1.53. The number of carbonyl (C=O) groups excluding carboxylic acids is 2. The Morgan fingerprint density at radius 1 is 1.13 bits per heavy atom. The highest BCUT2D eigenvalue weighted by atomic mass is 16.5. The Labute approximate surface area is 175 Å². The predicted molar refractivity (Wildman–Crippen MR) is 115 cm³/mol. The normalized spacial score (nSPS) is 10.8. The van der Waals surface area contributed by atoms with Crippen LogP contribution in [0.5, 0.6) is 0 Å². The van der Waals surface area contributed by atoms with E-state index in [0.29, 0.717) is 19.7 Å². The lowest BCUT2D eigenvalue weighted by Gasteiger charge is -2.05. The van der Waals surface area contributed by atoms with Crippen molar-refractivity contribution in [1.29, 1.82) is 5.26 Å². The van der Waals surface area contributed by atoms with Crippen LogP contribution in [0.3, 0.4) is 0 Å². The smallest absolute Gasteiger partial charge is 0.310 e. The Kier molecular flexibility index (Phi) is 7.01. The van der Waals surface area contributed by atoms with Crippen molar-refractivity contribution in [2.75, 3.05) is 6.61 Å². The number of rotatable bonds is 8. The molecule has 0 aliphatic heterocycles. The number of hydrogen-bond donors (Lipinski definition) is 1. The second-order valence-corrected chi connectivity index (χ2v) is 6.77. The molecule has 1 N–H and O–H groups in total. The molecule has 0 spiro atoms. The standard InChI is InChI=1S/C24H23N3O3/c1-2-30-24(29)16-19-3-5-20(6-4-19)17-26-23(28)10-8-18-7-9-22-21(15-18)11-13-27(22)14-12-25/h3-11,13,15H,2,14,16-17H2,1H3,(H,26,28)/b10-8+. The van der Waals surface area contributed by atoms with Gasteiger partial charge in [-0.3, -0.25) is 9.59 Å². The van der Waals surface area contributed by atoms with Crippen LogP contribution >= 0.6 is 0 Å². The highest BCUT2D eigenvalue weighted by Gasteiger charge is 2.05. The van der Waals surface area contributed by atoms with E-state index in [4.69, 9.17) is 10.00 Å². The third kappa shape index (κ3) is 5.58. The van der Waals surface area contributed by atoms with Gasteiger partial charge in [-0.05, 0) is 47.9 Å². The van der Waals surface area contributed by atoms with Gasteiger partial charge < -0.3 is 14.6 Å². The lowest BCUT2D eigenvalue weighted by atomic mass is 10.1. The number of nitrogens with zero attached hydrogens (tertiary/aromatic N) is 2. The lowest BCUT2D eigenvalue weighted by molar-refractivity contribution is -0.142. The number of ether oxygens (including phenoxy) is 1. The third-order valence-electron chi connectivity index (χ3n) is 4.61. The minimum Gasteiger partial charge on any atom is -0.466 e. The zero-order valence-corrected chi connectivity index (χ0v) is 16.8. The van der Waals surface area contributed by atoms with E-state index in [1.165, 1.54) is 6.08 Å². The molecule has 0 aliphatic rings. The summed E-state index contributed by atoms with van der Waals surface area (Å²) in [4.78, 5) is 23.6. The summed E-state index contributed by atoms with van der Waals surface area (Å²) in [5.74, 6) is -0.434. The minimum atomic E-state index is -0.247. The Bertz CT molecular complexity index is 1100. The maximum absolute atomic E-state index is 12.1. The van der Waals surface area contributed by atoms with Crippen molar-refractivity contribution in [3.63, 3.8) is 0 Å². The fourth-order valence-corrected chi connectivity index (χ4v) is 3.11. The summed E-state index contributed by atoms with van der Waals surface area (Å²) in [5, 5.41) is 12.7. The van der Waals surface area contributed by atoms with Gasteiger partial charge in [0, 0.05) is 29.7 Å². The van der Waals surface area contributed by atoms with Gasteiger partial charge in [-0.25, -0.2) is 0 Å². The van der Waals surface area contributed by atoms with Crippen molar-refractivity contribution in [1.82, 2.24) is 9.88 Å². The average molecular weight is 401 g/mol. The van der Waals surface area contributed by atoms with Gasteiger partial charge in [0.25, 0.3) is 0 Å². The summed E-state index contributed by atoms with van der Waals surface area (Å²) in [7, 11) is 0. The van der Waals surface area contributed by atoms with Crippen molar-refractivity contribution in [2.24, 2.45) is 0 Å². The van der Waals surface area contributed by atoms with E-state index >= 15 is 0 Å². The van der Waals surface area contributed by atoms with Crippen LogP contribution in [0.4, 0.5) is 0 Å². The summed E-state index contributed by atoms with van der Waals surface area (Å²) >= 11 is 0. The van der Waals surface area contributed by atoms with E-state index in [9.17, 15) is 9.59 Å². The number of esters is 1. The zero-order chi connectivity index (χ0) is 21.3. The number of amides is 1. The van der Waals surface area contributed by atoms with Crippen molar-refractivity contribution < 1.29 is 14.3 Å². The van der Waals surface area contributed by atoms with Crippen LogP contribution in [0.25, 0.3) is 17.0 Å². The van der Waals surface area contributed by atoms with Crippen LogP contribution in [-0.4, -0.2) is 23.1 Å². The molecule has 1 aromatic heterocycles. The summed E-state index contributed by atoms with van der Waals surface area (Å²) in [6, 6.07) is 17.4. The Hall–Kier alpha value is -3.85. The van der Waals surface area contributed by atoms with Gasteiger partial charge >= 0.3 is 5.97 Å². The zero-order valence-electron chi connectivity index (χ0n) is 16.8. The fraction of sp³-hybridized carbons (Fsp3) is 0.208. The molecule has 152 valence electrons. The highest BCUT2D eigenvalue weighted by molar-refractivity contribution is 5.92. The first-order chi connectivity index (χ1) is 14.6. The van der Waals surface area contributed by atoms with E-state index in [1.54, 1.807) is 13.0 Å². The second kappa shape index (κ2) is 10.1. The van der Waals surface area contributed by atoms with Crippen molar-refractivity contribution in [3.8, 4) is 6.07 Å². The molecule has 3 rings (SSSR count). The molecular weight excluding hydrogens is 378 g/mol. The molecule has 2 aromatic carbocycles. The summed E-state index contributed by atoms with van der Waals surface area (Å²) in [6.07, 6.45) is 5.39. The Morgan fingerprint density at radius 3 is 2.63 bits per heavy atom. The van der Waals surface area contributed by atoms with Gasteiger partial charge in [-0.15, -0.1) is 0 Å². The lowest BCUT2D eigenvalue weighted by Crippen LogP contribution is -2.20. The molecule has 0 atom stereocenters. The molecule has 1 heterocycles. The molecule has 0 aliphatic carbocycles. The highest BCUT2D eigenvalue weighted by Crippen LogP contribution is 2.18. The van der Waals surface area contributed by atoms with Crippen LogP contribution < -0.4 is 5.32 Å². The van der Waals surface area contributed by atoms with Crippen molar-refractivity contribution in [2.45, 2.75) is 26.4 Å². The maximum atomic E-state index is 12.1. The number of nitrogens with one attached hydrogen (secondary N) is 1. The molecular formula is C24H23N3O3. The summed E-state index contributed by atoms with van der Waals surface area (Å²) in [6.45, 7) is 2.87. The largest absolute Gasteiger partial charge is 0.466 e. The number of fused-ring (bicyclic) bond motifs is 1. The average Bonchev–Trinajstić information content (AvgIpc) is 3.14. The van der Waals surface area contributed by atoms with E-state index in [1.807, 2.05) is 59.3 Å². The van der Waals surface area contributed by atoms with Gasteiger partial charge in [0.2, 0.25) is 5.91 Å². The third-order valence-corrected chi connectivity index (χ3v) is 4.61. The van der Waals surface area contributed by atoms with Crippen LogP contribution in [-0.2, 0) is 33.8 Å². The summed E-state index contributed by atoms with van der Waals surface area (Å²) < 4.78 is 6.82. The molecule has 0 saturated carbocycles. The first-order valence-electron chi connectivity index (χ1n) is 9.74. The van der Waals surface area contributed by atoms with Crippen LogP contribution in [0.15, 0.2) is 60.8 Å². The van der Waals surface area contributed by atoms with E-state index < -0.39 is 0 Å². The molecule has 0 radical (unpaired) electrons. The Morgan fingerprint density at radius 2 is 1.90 bits per heavy atom. The van der Waals surface area contributed by atoms with Gasteiger partial charge in [0.05, 0.1) is 19.1 Å². The van der Waals surface area contributed by atoms with Crippen molar-refractivity contribution >= 4 is 28.9 Å². The first-order valence-corrected chi connectivity index (χ1v) is 9.74. The number of aromatic nitrogens is 1.